The number of benzene rings is 2. The number of amides is 1. The summed E-state index contributed by atoms with van der Waals surface area (Å²) < 4.78 is 5.25. The van der Waals surface area contributed by atoms with E-state index in [2.05, 4.69) is 15.5 Å². The van der Waals surface area contributed by atoms with E-state index in [0.717, 1.165) is 5.56 Å². The van der Waals surface area contributed by atoms with Crippen molar-refractivity contribution in [3.8, 4) is 5.75 Å². The number of nitrogens with zero attached hydrogens (tertiary/aromatic N) is 1. The van der Waals surface area contributed by atoms with Crippen molar-refractivity contribution in [1.29, 1.82) is 0 Å². The molecular weight excluding hydrogens is 294 g/mol. The van der Waals surface area contributed by atoms with E-state index in [1.807, 2.05) is 24.3 Å². The second-order valence-electron chi connectivity index (χ2n) is 4.94. The average molecular weight is 309 g/mol. The molecular formula is C17H15N3O3. The molecule has 0 atom stereocenters. The van der Waals surface area contributed by atoms with E-state index in [4.69, 9.17) is 4.74 Å². The molecule has 1 amide bonds. The van der Waals surface area contributed by atoms with E-state index in [9.17, 15) is 9.59 Å². The Morgan fingerprint density at radius 3 is 2.61 bits per heavy atom. The van der Waals surface area contributed by atoms with Crippen molar-refractivity contribution in [1.82, 2.24) is 15.5 Å². The number of H-pyrrole nitrogens is 1. The van der Waals surface area contributed by atoms with Crippen molar-refractivity contribution in [2.24, 2.45) is 0 Å². The Bertz CT molecular complexity index is 918. The first-order valence-electron chi connectivity index (χ1n) is 7.08. The molecule has 3 aromatic rings. The molecule has 1 heterocycles. The van der Waals surface area contributed by atoms with Crippen molar-refractivity contribution in [2.45, 2.75) is 6.54 Å². The summed E-state index contributed by atoms with van der Waals surface area (Å²) in [5.74, 6) is 0.343. The van der Waals surface area contributed by atoms with Gasteiger partial charge in [-0.25, -0.2) is 5.10 Å². The molecule has 0 fully saturated rings. The summed E-state index contributed by atoms with van der Waals surface area (Å²) in [5, 5.41) is 9.99. The van der Waals surface area contributed by atoms with Gasteiger partial charge in [0.25, 0.3) is 11.5 Å². The summed E-state index contributed by atoms with van der Waals surface area (Å²) in [6.07, 6.45) is 0. The van der Waals surface area contributed by atoms with Gasteiger partial charge < -0.3 is 10.1 Å². The van der Waals surface area contributed by atoms with E-state index >= 15 is 0 Å². The van der Waals surface area contributed by atoms with Crippen LogP contribution in [0.1, 0.15) is 16.1 Å². The molecule has 2 aromatic carbocycles. The zero-order valence-corrected chi connectivity index (χ0v) is 12.5. The SMILES string of the molecule is COc1ccccc1CNC(=O)c1n[nH]c(=O)c2ccccc12. The first-order valence-corrected chi connectivity index (χ1v) is 7.08. The molecule has 23 heavy (non-hydrogen) atoms. The minimum absolute atomic E-state index is 0.190. The highest BCUT2D eigenvalue weighted by atomic mass is 16.5. The van der Waals surface area contributed by atoms with Crippen LogP contribution in [-0.2, 0) is 6.54 Å². The van der Waals surface area contributed by atoms with Gasteiger partial charge >= 0.3 is 0 Å². The van der Waals surface area contributed by atoms with E-state index in [0.29, 0.717) is 23.1 Å². The molecule has 3 rings (SSSR count). The minimum atomic E-state index is -0.358. The minimum Gasteiger partial charge on any atom is -0.496 e. The zero-order chi connectivity index (χ0) is 16.2. The van der Waals surface area contributed by atoms with Crippen LogP contribution in [0.5, 0.6) is 5.75 Å². The zero-order valence-electron chi connectivity index (χ0n) is 12.5. The van der Waals surface area contributed by atoms with Crippen molar-refractivity contribution in [3.05, 3.63) is 70.1 Å². The van der Waals surface area contributed by atoms with Crippen LogP contribution in [0, 0.1) is 0 Å². The molecule has 0 bridgehead atoms. The number of ether oxygens (including phenoxy) is 1. The molecule has 0 radical (unpaired) electrons. The highest BCUT2D eigenvalue weighted by Gasteiger charge is 2.14. The van der Waals surface area contributed by atoms with Gasteiger partial charge in [0, 0.05) is 17.5 Å². The van der Waals surface area contributed by atoms with E-state index in [-0.39, 0.29) is 17.2 Å². The van der Waals surface area contributed by atoms with Crippen LogP contribution in [0.4, 0.5) is 0 Å². The third-order valence-corrected chi connectivity index (χ3v) is 3.54. The number of rotatable bonds is 4. The number of hydrogen-bond acceptors (Lipinski definition) is 4. The number of aromatic amines is 1. The number of carbonyl (C=O) groups is 1. The standard InChI is InChI=1S/C17H15N3O3/c1-23-14-9-5-2-6-11(14)10-18-17(22)15-12-7-3-4-8-13(12)16(21)20-19-15/h2-9H,10H2,1H3,(H,18,22)(H,20,21). The molecule has 0 unspecified atom stereocenters. The van der Waals surface area contributed by atoms with Gasteiger partial charge in [-0.1, -0.05) is 36.4 Å². The number of fused-ring (bicyclic) bond motifs is 1. The molecule has 6 nitrogen and oxygen atoms in total. The van der Waals surface area contributed by atoms with Gasteiger partial charge in [-0.15, -0.1) is 0 Å². The van der Waals surface area contributed by atoms with Gasteiger partial charge in [-0.2, -0.15) is 5.10 Å². The summed E-state index contributed by atoms with van der Waals surface area (Å²) in [6, 6.07) is 14.3. The van der Waals surface area contributed by atoms with Crippen LogP contribution in [-0.4, -0.2) is 23.2 Å². The largest absolute Gasteiger partial charge is 0.496 e. The summed E-state index contributed by atoms with van der Waals surface area (Å²) >= 11 is 0. The summed E-state index contributed by atoms with van der Waals surface area (Å²) in [5.41, 5.74) is 0.731. The average Bonchev–Trinajstić information content (AvgIpc) is 2.60. The van der Waals surface area contributed by atoms with Crippen LogP contribution in [0.15, 0.2) is 53.3 Å². The molecule has 0 aliphatic heterocycles. The molecule has 6 heteroatoms. The molecule has 0 saturated carbocycles. The smallest absolute Gasteiger partial charge is 0.272 e. The van der Waals surface area contributed by atoms with Gasteiger partial charge in [-0.3, -0.25) is 9.59 Å². The lowest BCUT2D eigenvalue weighted by Gasteiger charge is -2.10. The quantitative estimate of drug-likeness (QED) is 0.770. The van der Waals surface area contributed by atoms with Gasteiger partial charge in [-0.05, 0) is 12.1 Å². The van der Waals surface area contributed by atoms with Crippen molar-refractivity contribution in [3.63, 3.8) is 0 Å². The number of methoxy groups -OCH3 is 1. The van der Waals surface area contributed by atoms with Gasteiger partial charge in [0.2, 0.25) is 0 Å². The monoisotopic (exact) mass is 309 g/mol. The number of nitrogens with one attached hydrogen (secondary N) is 2. The highest BCUT2D eigenvalue weighted by molar-refractivity contribution is 6.04. The number of aromatic nitrogens is 2. The van der Waals surface area contributed by atoms with E-state index in [1.54, 1.807) is 31.4 Å². The summed E-state index contributed by atoms with van der Waals surface area (Å²) in [4.78, 5) is 24.2. The Hall–Kier alpha value is -3.15. The van der Waals surface area contributed by atoms with Crippen LogP contribution in [0.25, 0.3) is 10.8 Å². The third kappa shape index (κ3) is 2.91. The third-order valence-electron chi connectivity index (χ3n) is 3.54. The van der Waals surface area contributed by atoms with Gasteiger partial charge in [0.15, 0.2) is 5.69 Å². The fraction of sp³-hybridized carbons (Fsp3) is 0.118. The number of carbonyl (C=O) groups excluding carboxylic acids is 1. The Balaban J connectivity index is 1.87. The second kappa shape index (κ2) is 6.31. The topological polar surface area (TPSA) is 84.1 Å². The van der Waals surface area contributed by atoms with Crippen LogP contribution in [0.2, 0.25) is 0 Å². The van der Waals surface area contributed by atoms with Crippen molar-refractivity contribution < 1.29 is 9.53 Å². The molecule has 1 aromatic heterocycles. The van der Waals surface area contributed by atoms with Crippen molar-refractivity contribution >= 4 is 16.7 Å². The maximum absolute atomic E-state index is 12.4. The molecule has 0 aliphatic carbocycles. The fourth-order valence-electron chi connectivity index (χ4n) is 2.40. The van der Waals surface area contributed by atoms with E-state index in [1.165, 1.54) is 0 Å². The Kier molecular flexibility index (Phi) is 4.05. The fourth-order valence-corrected chi connectivity index (χ4v) is 2.40. The molecule has 0 spiro atoms. The summed E-state index contributed by atoms with van der Waals surface area (Å²) in [6.45, 7) is 0.304. The molecule has 2 N–H and O–H groups in total. The predicted molar refractivity (Wildman–Crippen MR) is 86.5 cm³/mol. The lowest BCUT2D eigenvalue weighted by Crippen LogP contribution is -2.26. The van der Waals surface area contributed by atoms with Crippen molar-refractivity contribution in [2.75, 3.05) is 7.11 Å². The maximum atomic E-state index is 12.4. The van der Waals surface area contributed by atoms with Crippen LogP contribution < -0.4 is 15.6 Å². The molecule has 0 saturated heterocycles. The normalized spacial score (nSPS) is 10.5. The molecule has 0 aliphatic rings. The second-order valence-corrected chi connectivity index (χ2v) is 4.94. The first kappa shape index (κ1) is 14.8. The lowest BCUT2D eigenvalue weighted by molar-refractivity contribution is 0.0946. The van der Waals surface area contributed by atoms with Crippen LogP contribution >= 0.6 is 0 Å². The Morgan fingerprint density at radius 1 is 1.13 bits per heavy atom. The Morgan fingerprint density at radius 2 is 1.83 bits per heavy atom. The lowest BCUT2D eigenvalue weighted by atomic mass is 10.1. The highest BCUT2D eigenvalue weighted by Crippen LogP contribution is 2.17. The van der Waals surface area contributed by atoms with E-state index < -0.39 is 0 Å². The number of hydrogen-bond donors (Lipinski definition) is 2. The van der Waals surface area contributed by atoms with Gasteiger partial charge in [0.1, 0.15) is 5.75 Å². The van der Waals surface area contributed by atoms with Crippen LogP contribution in [0.3, 0.4) is 0 Å². The number of para-hydroxylation sites is 1. The maximum Gasteiger partial charge on any atom is 0.272 e. The first-order chi connectivity index (χ1) is 11.2. The van der Waals surface area contributed by atoms with Gasteiger partial charge in [0.05, 0.1) is 12.5 Å². The predicted octanol–water partition coefficient (Wildman–Crippen LogP) is 1.86. The molecule has 116 valence electrons. The Labute approximate surface area is 132 Å². The summed E-state index contributed by atoms with van der Waals surface area (Å²) in [7, 11) is 1.58.